The number of carbonyl (C=O) groups excluding carboxylic acids is 1. The van der Waals surface area contributed by atoms with Crippen molar-refractivity contribution < 1.29 is 13.6 Å². The molecule has 1 aliphatic heterocycles. The SMILES string of the molecule is CC(c1c(F)cccc1F)N(C)C(=O)CCC1CCNC1. The fourth-order valence-electron chi connectivity index (χ4n) is 2.78. The summed E-state index contributed by atoms with van der Waals surface area (Å²) in [6, 6.07) is 3.16. The van der Waals surface area contributed by atoms with Gasteiger partial charge in [0.25, 0.3) is 0 Å². The molecule has 116 valence electrons. The van der Waals surface area contributed by atoms with Gasteiger partial charge in [0.15, 0.2) is 0 Å². The van der Waals surface area contributed by atoms with Gasteiger partial charge in [0.05, 0.1) is 6.04 Å². The monoisotopic (exact) mass is 296 g/mol. The van der Waals surface area contributed by atoms with E-state index in [1.54, 1.807) is 14.0 Å². The summed E-state index contributed by atoms with van der Waals surface area (Å²) in [6.07, 6.45) is 2.33. The predicted octanol–water partition coefficient (Wildman–Crippen LogP) is 2.87. The first-order valence-corrected chi connectivity index (χ1v) is 7.41. The molecule has 21 heavy (non-hydrogen) atoms. The van der Waals surface area contributed by atoms with E-state index in [1.807, 2.05) is 0 Å². The highest BCUT2D eigenvalue weighted by Gasteiger charge is 2.24. The Morgan fingerprint density at radius 2 is 2.10 bits per heavy atom. The Hall–Kier alpha value is -1.49. The molecule has 0 radical (unpaired) electrons. The molecular weight excluding hydrogens is 274 g/mol. The van der Waals surface area contributed by atoms with Crippen molar-refractivity contribution in [1.82, 2.24) is 10.2 Å². The maximum atomic E-state index is 13.8. The minimum Gasteiger partial charge on any atom is -0.339 e. The molecule has 2 atom stereocenters. The molecular formula is C16H22F2N2O. The zero-order chi connectivity index (χ0) is 15.4. The number of hydrogen-bond donors (Lipinski definition) is 1. The van der Waals surface area contributed by atoms with Gasteiger partial charge in [-0.3, -0.25) is 4.79 Å². The Balaban J connectivity index is 1.97. The van der Waals surface area contributed by atoms with E-state index in [0.29, 0.717) is 12.3 Å². The first-order chi connectivity index (χ1) is 10.0. The van der Waals surface area contributed by atoms with Crippen molar-refractivity contribution in [3.63, 3.8) is 0 Å². The number of nitrogens with one attached hydrogen (secondary N) is 1. The second-order valence-electron chi connectivity index (χ2n) is 5.71. The van der Waals surface area contributed by atoms with E-state index in [2.05, 4.69) is 5.32 Å². The summed E-state index contributed by atoms with van der Waals surface area (Å²) < 4.78 is 27.5. The van der Waals surface area contributed by atoms with Crippen molar-refractivity contribution in [2.75, 3.05) is 20.1 Å². The van der Waals surface area contributed by atoms with Crippen LogP contribution in [0.1, 0.15) is 37.8 Å². The van der Waals surface area contributed by atoms with E-state index in [4.69, 9.17) is 0 Å². The minimum absolute atomic E-state index is 0.0455. The minimum atomic E-state index is -0.611. The fraction of sp³-hybridized carbons (Fsp3) is 0.562. The van der Waals surface area contributed by atoms with Gasteiger partial charge in [-0.05, 0) is 50.9 Å². The first kappa shape index (κ1) is 15.9. The van der Waals surface area contributed by atoms with E-state index < -0.39 is 17.7 Å². The quantitative estimate of drug-likeness (QED) is 0.906. The van der Waals surface area contributed by atoms with Crippen LogP contribution in [0.5, 0.6) is 0 Å². The molecule has 2 rings (SSSR count). The van der Waals surface area contributed by atoms with Crippen molar-refractivity contribution in [2.24, 2.45) is 5.92 Å². The summed E-state index contributed by atoms with van der Waals surface area (Å²) >= 11 is 0. The number of carbonyl (C=O) groups is 1. The maximum absolute atomic E-state index is 13.8. The molecule has 1 fully saturated rings. The van der Waals surface area contributed by atoms with Crippen LogP contribution in [0.25, 0.3) is 0 Å². The summed E-state index contributed by atoms with van der Waals surface area (Å²) in [4.78, 5) is 13.6. The van der Waals surface area contributed by atoms with Gasteiger partial charge in [-0.1, -0.05) is 6.07 Å². The van der Waals surface area contributed by atoms with Gasteiger partial charge in [0.2, 0.25) is 5.91 Å². The van der Waals surface area contributed by atoms with Crippen molar-refractivity contribution in [2.45, 2.75) is 32.2 Å². The Labute approximate surface area is 124 Å². The highest BCUT2D eigenvalue weighted by Crippen LogP contribution is 2.26. The molecule has 1 saturated heterocycles. The number of nitrogens with zero attached hydrogens (tertiary/aromatic N) is 1. The Kier molecular flexibility index (Phi) is 5.28. The van der Waals surface area contributed by atoms with Gasteiger partial charge in [-0.15, -0.1) is 0 Å². The molecule has 5 heteroatoms. The second kappa shape index (κ2) is 6.98. The predicted molar refractivity (Wildman–Crippen MR) is 77.8 cm³/mol. The number of halogens is 2. The number of rotatable bonds is 5. The van der Waals surface area contributed by atoms with E-state index in [9.17, 15) is 13.6 Å². The van der Waals surface area contributed by atoms with Crippen LogP contribution in [0.15, 0.2) is 18.2 Å². The molecule has 1 aromatic carbocycles. The third kappa shape index (κ3) is 3.79. The number of hydrogen-bond acceptors (Lipinski definition) is 2. The summed E-state index contributed by atoms with van der Waals surface area (Å²) in [6.45, 7) is 3.61. The largest absolute Gasteiger partial charge is 0.339 e. The number of amides is 1. The van der Waals surface area contributed by atoms with Crippen molar-refractivity contribution in [3.05, 3.63) is 35.4 Å². The standard InChI is InChI=1S/C16H22F2N2O/c1-11(16-13(17)4-3-5-14(16)18)20(2)15(21)7-6-12-8-9-19-10-12/h3-5,11-12,19H,6-10H2,1-2H3. The van der Waals surface area contributed by atoms with E-state index in [0.717, 1.165) is 25.9 Å². The average molecular weight is 296 g/mol. The smallest absolute Gasteiger partial charge is 0.222 e. The lowest BCUT2D eigenvalue weighted by Gasteiger charge is -2.26. The second-order valence-corrected chi connectivity index (χ2v) is 5.71. The van der Waals surface area contributed by atoms with Gasteiger partial charge >= 0.3 is 0 Å². The van der Waals surface area contributed by atoms with Gasteiger partial charge in [-0.2, -0.15) is 0 Å². The van der Waals surface area contributed by atoms with Gasteiger partial charge < -0.3 is 10.2 Å². The van der Waals surface area contributed by atoms with Crippen molar-refractivity contribution >= 4 is 5.91 Å². The van der Waals surface area contributed by atoms with Crippen LogP contribution in [0.3, 0.4) is 0 Å². The molecule has 0 bridgehead atoms. The molecule has 1 aliphatic rings. The van der Waals surface area contributed by atoms with E-state index >= 15 is 0 Å². The van der Waals surface area contributed by atoms with Crippen LogP contribution in [0.2, 0.25) is 0 Å². The summed E-state index contributed by atoms with van der Waals surface area (Å²) in [5, 5.41) is 3.26. The molecule has 0 aromatic heterocycles. The van der Waals surface area contributed by atoms with Crippen LogP contribution in [-0.4, -0.2) is 30.9 Å². The molecule has 1 amide bonds. The van der Waals surface area contributed by atoms with Crippen LogP contribution >= 0.6 is 0 Å². The van der Waals surface area contributed by atoms with Crippen LogP contribution in [0, 0.1) is 17.6 Å². The lowest BCUT2D eigenvalue weighted by Crippen LogP contribution is -2.31. The van der Waals surface area contributed by atoms with Crippen molar-refractivity contribution in [1.29, 1.82) is 0 Å². The topological polar surface area (TPSA) is 32.3 Å². The van der Waals surface area contributed by atoms with Crippen LogP contribution in [-0.2, 0) is 4.79 Å². The normalized spacial score (nSPS) is 19.5. The van der Waals surface area contributed by atoms with E-state index in [-0.39, 0.29) is 11.5 Å². The molecule has 0 aliphatic carbocycles. The van der Waals surface area contributed by atoms with Crippen LogP contribution < -0.4 is 5.32 Å². The Morgan fingerprint density at radius 1 is 1.43 bits per heavy atom. The third-order valence-electron chi connectivity index (χ3n) is 4.32. The zero-order valence-corrected chi connectivity index (χ0v) is 12.5. The zero-order valence-electron chi connectivity index (χ0n) is 12.5. The molecule has 3 nitrogen and oxygen atoms in total. The van der Waals surface area contributed by atoms with E-state index in [1.165, 1.54) is 23.1 Å². The molecule has 0 saturated carbocycles. The Bertz CT molecular complexity index is 481. The molecule has 0 spiro atoms. The average Bonchev–Trinajstić information content (AvgIpc) is 2.96. The maximum Gasteiger partial charge on any atom is 0.222 e. The highest BCUT2D eigenvalue weighted by molar-refractivity contribution is 5.76. The molecule has 1 N–H and O–H groups in total. The molecule has 2 unspecified atom stereocenters. The van der Waals surface area contributed by atoms with Gasteiger partial charge in [0, 0.05) is 19.0 Å². The lowest BCUT2D eigenvalue weighted by atomic mass is 10.0. The molecule has 1 aromatic rings. The summed E-state index contributed by atoms with van der Waals surface area (Å²) in [5.41, 5.74) is -0.0455. The van der Waals surface area contributed by atoms with Gasteiger partial charge in [-0.25, -0.2) is 8.78 Å². The van der Waals surface area contributed by atoms with Crippen molar-refractivity contribution in [3.8, 4) is 0 Å². The van der Waals surface area contributed by atoms with Gasteiger partial charge in [0.1, 0.15) is 11.6 Å². The summed E-state index contributed by atoms with van der Waals surface area (Å²) in [7, 11) is 1.60. The summed E-state index contributed by atoms with van der Waals surface area (Å²) in [5.74, 6) is -0.760. The third-order valence-corrected chi connectivity index (χ3v) is 4.32. The van der Waals surface area contributed by atoms with Crippen LogP contribution in [0.4, 0.5) is 8.78 Å². The highest BCUT2D eigenvalue weighted by atomic mass is 19.1. The molecule has 1 heterocycles. The Morgan fingerprint density at radius 3 is 2.67 bits per heavy atom. The lowest BCUT2D eigenvalue weighted by molar-refractivity contribution is -0.132. The first-order valence-electron chi connectivity index (χ1n) is 7.41. The fourth-order valence-corrected chi connectivity index (χ4v) is 2.78. The number of benzene rings is 1.